The number of amides is 1. The molecule has 2 N–H and O–H groups in total. The minimum absolute atomic E-state index is 0.00315. The second-order valence-electron chi connectivity index (χ2n) is 4.45. The van der Waals surface area contributed by atoms with E-state index in [2.05, 4.69) is 10.5 Å². The van der Waals surface area contributed by atoms with E-state index in [1.807, 2.05) is 0 Å². The number of hydrogen-bond acceptors (Lipinski definition) is 5. The molecule has 2 rings (SSSR count). The highest BCUT2D eigenvalue weighted by Gasteiger charge is 2.16. The molecule has 0 aliphatic heterocycles. The summed E-state index contributed by atoms with van der Waals surface area (Å²) in [5, 5.41) is 24.4. The monoisotopic (exact) mass is 387 g/mol. The molecule has 0 radical (unpaired) electrons. The third kappa shape index (κ3) is 4.14. The van der Waals surface area contributed by atoms with Crippen molar-refractivity contribution >= 4 is 52.6 Å². The molecule has 0 unspecified atom stereocenters. The lowest BCUT2D eigenvalue weighted by Gasteiger charge is -2.03. The number of hydrazone groups is 1. The SMILES string of the molecule is O=C(N/N=C/c1cc(Cl)cc(Cl)c1O)c1ccc(Cl)c([N+](=O)[O-])c1. The van der Waals surface area contributed by atoms with Crippen LogP contribution in [-0.4, -0.2) is 22.2 Å². The first-order valence-corrected chi connectivity index (χ1v) is 7.38. The number of carbonyl (C=O) groups is 1. The highest BCUT2D eigenvalue weighted by molar-refractivity contribution is 6.36. The lowest BCUT2D eigenvalue weighted by molar-refractivity contribution is -0.384. The number of aromatic hydroxyl groups is 1. The summed E-state index contributed by atoms with van der Waals surface area (Å²) in [4.78, 5) is 22.0. The highest BCUT2D eigenvalue weighted by atomic mass is 35.5. The predicted molar refractivity (Wildman–Crippen MR) is 91.3 cm³/mol. The molecule has 0 saturated carbocycles. The Labute approximate surface area is 150 Å². The zero-order valence-corrected chi connectivity index (χ0v) is 13.9. The first kappa shape index (κ1) is 18.0. The smallest absolute Gasteiger partial charge is 0.288 e. The van der Waals surface area contributed by atoms with Crippen molar-refractivity contribution in [2.24, 2.45) is 5.10 Å². The fraction of sp³-hybridized carbons (Fsp3) is 0. The van der Waals surface area contributed by atoms with Crippen molar-refractivity contribution in [3.8, 4) is 5.75 Å². The number of nitrogens with one attached hydrogen (secondary N) is 1. The summed E-state index contributed by atoms with van der Waals surface area (Å²) < 4.78 is 0. The van der Waals surface area contributed by atoms with Crippen LogP contribution in [0.3, 0.4) is 0 Å². The van der Waals surface area contributed by atoms with Gasteiger partial charge in [-0.05, 0) is 24.3 Å². The summed E-state index contributed by atoms with van der Waals surface area (Å²) in [6, 6.07) is 6.32. The molecule has 7 nitrogen and oxygen atoms in total. The summed E-state index contributed by atoms with van der Waals surface area (Å²) in [7, 11) is 0. The second kappa shape index (κ2) is 7.48. The van der Waals surface area contributed by atoms with Gasteiger partial charge in [0.15, 0.2) is 0 Å². The van der Waals surface area contributed by atoms with Gasteiger partial charge in [-0.3, -0.25) is 14.9 Å². The van der Waals surface area contributed by atoms with Gasteiger partial charge in [-0.15, -0.1) is 0 Å². The Balaban J connectivity index is 2.17. The Morgan fingerprint density at radius 1 is 1.21 bits per heavy atom. The predicted octanol–water partition coefficient (Wildman–Crippen LogP) is 4.02. The van der Waals surface area contributed by atoms with E-state index in [0.29, 0.717) is 0 Å². The molecule has 0 atom stereocenters. The van der Waals surface area contributed by atoms with Gasteiger partial charge in [0.2, 0.25) is 0 Å². The van der Waals surface area contributed by atoms with Crippen LogP contribution < -0.4 is 5.43 Å². The van der Waals surface area contributed by atoms with Gasteiger partial charge < -0.3 is 5.11 Å². The van der Waals surface area contributed by atoms with Crippen LogP contribution in [0.1, 0.15) is 15.9 Å². The lowest BCUT2D eigenvalue weighted by Crippen LogP contribution is -2.17. The molecule has 2 aromatic carbocycles. The summed E-state index contributed by atoms with van der Waals surface area (Å²) in [5.74, 6) is -0.945. The van der Waals surface area contributed by atoms with Crippen LogP contribution in [0.2, 0.25) is 15.1 Å². The number of rotatable bonds is 4. The fourth-order valence-electron chi connectivity index (χ4n) is 1.70. The Kier molecular flexibility index (Phi) is 5.61. The number of benzene rings is 2. The minimum Gasteiger partial charge on any atom is -0.506 e. The number of halogens is 3. The molecule has 0 saturated heterocycles. The van der Waals surface area contributed by atoms with Crippen molar-refractivity contribution in [1.29, 1.82) is 0 Å². The maximum atomic E-state index is 11.9. The van der Waals surface area contributed by atoms with Gasteiger partial charge in [-0.1, -0.05) is 34.8 Å². The largest absolute Gasteiger partial charge is 0.506 e. The van der Waals surface area contributed by atoms with Gasteiger partial charge in [-0.25, -0.2) is 5.43 Å². The van der Waals surface area contributed by atoms with Crippen molar-refractivity contribution in [3.05, 3.63) is 66.6 Å². The van der Waals surface area contributed by atoms with Gasteiger partial charge in [0.1, 0.15) is 10.8 Å². The van der Waals surface area contributed by atoms with Crippen LogP contribution >= 0.6 is 34.8 Å². The van der Waals surface area contributed by atoms with E-state index >= 15 is 0 Å². The third-order valence-electron chi connectivity index (χ3n) is 2.83. The van der Waals surface area contributed by atoms with E-state index in [4.69, 9.17) is 34.8 Å². The summed E-state index contributed by atoms with van der Waals surface area (Å²) >= 11 is 17.2. The standard InChI is InChI=1S/C14H8Cl3N3O4/c15-9-3-8(13(21)11(17)5-9)6-18-19-14(22)7-1-2-10(16)12(4-7)20(23)24/h1-6,21H,(H,19,22)/b18-6+. The molecule has 0 bridgehead atoms. The van der Waals surface area contributed by atoms with Crippen molar-refractivity contribution in [3.63, 3.8) is 0 Å². The quantitative estimate of drug-likeness (QED) is 0.469. The van der Waals surface area contributed by atoms with E-state index in [1.165, 1.54) is 24.3 Å². The maximum absolute atomic E-state index is 11.9. The highest BCUT2D eigenvalue weighted by Crippen LogP contribution is 2.30. The molecular formula is C14H8Cl3N3O4. The van der Waals surface area contributed by atoms with Crippen LogP contribution in [0.25, 0.3) is 0 Å². The first-order chi connectivity index (χ1) is 11.3. The number of phenolic OH excluding ortho intramolecular Hbond substituents is 1. The van der Waals surface area contributed by atoms with Crippen LogP contribution in [-0.2, 0) is 0 Å². The molecule has 0 aromatic heterocycles. The molecule has 10 heteroatoms. The fourth-order valence-corrected chi connectivity index (χ4v) is 2.40. The van der Waals surface area contributed by atoms with Crippen molar-refractivity contribution < 1.29 is 14.8 Å². The number of nitro groups is 1. The summed E-state index contributed by atoms with van der Waals surface area (Å²) in [5.41, 5.74) is 1.96. The van der Waals surface area contributed by atoms with Crippen LogP contribution in [0.5, 0.6) is 5.75 Å². The normalized spacial score (nSPS) is 10.8. The molecular weight excluding hydrogens is 381 g/mol. The lowest BCUT2D eigenvalue weighted by atomic mass is 10.2. The summed E-state index contributed by atoms with van der Waals surface area (Å²) in [6.45, 7) is 0. The Bertz CT molecular complexity index is 855. The molecule has 0 aliphatic rings. The molecule has 0 aliphatic carbocycles. The Hall–Kier alpha value is -2.35. The van der Waals surface area contributed by atoms with Crippen molar-refractivity contribution in [1.82, 2.24) is 5.43 Å². The molecule has 2 aromatic rings. The Morgan fingerprint density at radius 3 is 2.58 bits per heavy atom. The molecule has 0 heterocycles. The summed E-state index contributed by atoms with van der Waals surface area (Å²) in [6.07, 6.45) is 1.13. The van der Waals surface area contributed by atoms with Crippen LogP contribution in [0, 0.1) is 10.1 Å². The van der Waals surface area contributed by atoms with Gasteiger partial charge in [-0.2, -0.15) is 5.10 Å². The third-order valence-corrected chi connectivity index (χ3v) is 3.66. The zero-order valence-electron chi connectivity index (χ0n) is 11.7. The molecule has 0 fully saturated rings. The number of hydrogen-bond donors (Lipinski definition) is 2. The molecule has 124 valence electrons. The molecule has 24 heavy (non-hydrogen) atoms. The average Bonchev–Trinajstić information content (AvgIpc) is 2.51. The number of nitro benzene ring substituents is 1. The number of nitrogens with zero attached hydrogens (tertiary/aromatic N) is 2. The minimum atomic E-state index is -0.700. The molecule has 1 amide bonds. The number of carbonyl (C=O) groups excluding carboxylic acids is 1. The van der Waals surface area contributed by atoms with Gasteiger partial charge >= 0.3 is 0 Å². The van der Waals surface area contributed by atoms with E-state index in [9.17, 15) is 20.0 Å². The zero-order chi connectivity index (χ0) is 17.9. The van der Waals surface area contributed by atoms with Gasteiger partial charge in [0.25, 0.3) is 11.6 Å². The van der Waals surface area contributed by atoms with E-state index in [-0.39, 0.29) is 31.9 Å². The van der Waals surface area contributed by atoms with Crippen molar-refractivity contribution in [2.75, 3.05) is 0 Å². The van der Waals surface area contributed by atoms with Crippen molar-refractivity contribution in [2.45, 2.75) is 0 Å². The average molecular weight is 389 g/mol. The van der Waals surface area contributed by atoms with Gasteiger partial charge in [0.05, 0.1) is 16.2 Å². The second-order valence-corrected chi connectivity index (χ2v) is 5.70. The van der Waals surface area contributed by atoms with E-state index in [0.717, 1.165) is 12.3 Å². The van der Waals surface area contributed by atoms with Crippen LogP contribution in [0.4, 0.5) is 5.69 Å². The number of phenols is 1. The molecule has 0 spiro atoms. The topological polar surface area (TPSA) is 105 Å². The van der Waals surface area contributed by atoms with E-state index in [1.54, 1.807) is 0 Å². The Morgan fingerprint density at radius 2 is 1.92 bits per heavy atom. The van der Waals surface area contributed by atoms with Gasteiger partial charge in [0, 0.05) is 22.2 Å². The van der Waals surface area contributed by atoms with E-state index < -0.39 is 16.5 Å². The first-order valence-electron chi connectivity index (χ1n) is 6.25. The van der Waals surface area contributed by atoms with Crippen LogP contribution in [0.15, 0.2) is 35.4 Å². The maximum Gasteiger partial charge on any atom is 0.288 e.